The van der Waals surface area contributed by atoms with Crippen molar-refractivity contribution < 1.29 is 9.13 Å². The van der Waals surface area contributed by atoms with E-state index in [9.17, 15) is 4.39 Å². The maximum atomic E-state index is 13.5. The molecule has 0 atom stereocenters. The van der Waals surface area contributed by atoms with Crippen molar-refractivity contribution in [2.24, 2.45) is 0 Å². The Morgan fingerprint density at radius 2 is 2.00 bits per heavy atom. The van der Waals surface area contributed by atoms with Gasteiger partial charge in [-0.05, 0) is 25.5 Å². The Kier molecular flexibility index (Phi) is 2.88. The van der Waals surface area contributed by atoms with Crippen molar-refractivity contribution in [3.63, 3.8) is 0 Å². The molecular formula is C13H15FN2O. The minimum atomic E-state index is -0.323. The lowest BCUT2D eigenvalue weighted by molar-refractivity contribution is 0.415. The largest absolute Gasteiger partial charge is 0.494 e. The number of hydrogen-bond acceptors (Lipinski definition) is 3. The monoisotopic (exact) mass is 234 g/mol. The van der Waals surface area contributed by atoms with Crippen LogP contribution in [0.2, 0.25) is 0 Å². The number of benzene rings is 1. The van der Waals surface area contributed by atoms with E-state index >= 15 is 0 Å². The van der Waals surface area contributed by atoms with Gasteiger partial charge in [-0.15, -0.1) is 0 Å². The van der Waals surface area contributed by atoms with Gasteiger partial charge in [-0.1, -0.05) is 0 Å². The van der Waals surface area contributed by atoms with Crippen molar-refractivity contribution in [2.75, 3.05) is 19.5 Å². The van der Waals surface area contributed by atoms with Crippen LogP contribution in [0.4, 0.5) is 10.1 Å². The van der Waals surface area contributed by atoms with E-state index in [1.807, 2.05) is 20.9 Å². The summed E-state index contributed by atoms with van der Waals surface area (Å²) in [5.41, 5.74) is 3.51. The van der Waals surface area contributed by atoms with Gasteiger partial charge in [-0.3, -0.25) is 0 Å². The van der Waals surface area contributed by atoms with E-state index in [4.69, 9.17) is 4.74 Å². The van der Waals surface area contributed by atoms with Crippen LogP contribution in [0, 0.1) is 19.7 Å². The summed E-state index contributed by atoms with van der Waals surface area (Å²) in [6, 6.07) is 2.83. The van der Waals surface area contributed by atoms with Gasteiger partial charge in [0.1, 0.15) is 17.1 Å². The van der Waals surface area contributed by atoms with Gasteiger partial charge in [-0.2, -0.15) is 0 Å². The molecule has 0 saturated heterocycles. The molecule has 0 fully saturated rings. The van der Waals surface area contributed by atoms with Crippen molar-refractivity contribution >= 4 is 16.6 Å². The molecule has 90 valence electrons. The number of anilines is 1. The molecule has 0 amide bonds. The Balaban J connectivity index is 2.94. The molecule has 0 aliphatic heterocycles. The average molecular weight is 234 g/mol. The summed E-state index contributed by atoms with van der Waals surface area (Å²) in [4.78, 5) is 4.46. The molecule has 0 bridgehead atoms. The molecule has 2 aromatic rings. The topological polar surface area (TPSA) is 34.2 Å². The fourth-order valence-electron chi connectivity index (χ4n) is 1.99. The number of aryl methyl sites for hydroxylation is 1. The summed E-state index contributed by atoms with van der Waals surface area (Å²) >= 11 is 0. The second kappa shape index (κ2) is 4.20. The fourth-order valence-corrected chi connectivity index (χ4v) is 1.99. The lowest BCUT2D eigenvalue weighted by Gasteiger charge is -2.14. The van der Waals surface area contributed by atoms with E-state index in [0.29, 0.717) is 11.3 Å². The van der Waals surface area contributed by atoms with Crippen LogP contribution in [0.5, 0.6) is 5.75 Å². The van der Waals surface area contributed by atoms with E-state index in [2.05, 4.69) is 10.3 Å². The number of pyridine rings is 1. The van der Waals surface area contributed by atoms with Crippen molar-refractivity contribution in [1.82, 2.24) is 4.98 Å². The van der Waals surface area contributed by atoms with Crippen LogP contribution in [0.1, 0.15) is 11.3 Å². The van der Waals surface area contributed by atoms with Gasteiger partial charge >= 0.3 is 0 Å². The number of rotatable bonds is 2. The molecule has 0 aliphatic carbocycles. The summed E-state index contributed by atoms with van der Waals surface area (Å²) in [7, 11) is 3.34. The van der Waals surface area contributed by atoms with E-state index in [0.717, 1.165) is 22.3 Å². The molecular weight excluding hydrogens is 219 g/mol. The Bertz CT molecular complexity index is 581. The zero-order valence-electron chi connectivity index (χ0n) is 10.4. The van der Waals surface area contributed by atoms with Gasteiger partial charge in [0.05, 0.1) is 7.11 Å². The predicted octanol–water partition coefficient (Wildman–Crippen LogP) is 3.04. The smallest absolute Gasteiger partial charge is 0.148 e. The first-order chi connectivity index (χ1) is 8.08. The third-order valence-electron chi connectivity index (χ3n) is 2.98. The lowest BCUT2D eigenvalue weighted by Crippen LogP contribution is -2.00. The number of fused-ring (bicyclic) bond motifs is 1. The number of ether oxygens (including phenoxy) is 1. The highest BCUT2D eigenvalue weighted by molar-refractivity contribution is 5.96. The van der Waals surface area contributed by atoms with E-state index in [1.54, 1.807) is 0 Å². The van der Waals surface area contributed by atoms with Crippen molar-refractivity contribution in [2.45, 2.75) is 13.8 Å². The number of aromatic nitrogens is 1. The van der Waals surface area contributed by atoms with E-state index in [1.165, 1.54) is 19.2 Å². The minimum Gasteiger partial charge on any atom is -0.494 e. The normalized spacial score (nSPS) is 10.6. The molecule has 0 saturated carbocycles. The molecule has 1 aromatic carbocycles. The summed E-state index contributed by atoms with van der Waals surface area (Å²) in [5, 5.41) is 3.84. The average Bonchev–Trinajstić information content (AvgIpc) is 2.31. The molecule has 0 spiro atoms. The minimum absolute atomic E-state index is 0.323. The summed E-state index contributed by atoms with van der Waals surface area (Å²) in [6.45, 7) is 3.89. The standard InChI is InChI=1S/C13H15FN2O/c1-7-8(2)16-13-10(12(7)15-3)5-9(14)6-11(13)17-4/h5-6H,1-4H3,(H,15,16). The summed E-state index contributed by atoms with van der Waals surface area (Å²) in [5.74, 6) is 0.135. The van der Waals surface area contributed by atoms with Gasteiger partial charge in [0.15, 0.2) is 0 Å². The van der Waals surface area contributed by atoms with Crippen LogP contribution in [-0.4, -0.2) is 19.1 Å². The van der Waals surface area contributed by atoms with Crippen LogP contribution < -0.4 is 10.1 Å². The van der Waals surface area contributed by atoms with Crippen LogP contribution in [0.3, 0.4) is 0 Å². The number of methoxy groups -OCH3 is 1. The van der Waals surface area contributed by atoms with Crippen molar-refractivity contribution in [1.29, 1.82) is 0 Å². The third-order valence-corrected chi connectivity index (χ3v) is 2.98. The number of hydrogen-bond donors (Lipinski definition) is 1. The molecule has 3 nitrogen and oxygen atoms in total. The molecule has 0 aliphatic rings. The lowest BCUT2D eigenvalue weighted by atomic mass is 10.1. The van der Waals surface area contributed by atoms with E-state index in [-0.39, 0.29) is 5.82 Å². The molecule has 4 heteroatoms. The zero-order valence-corrected chi connectivity index (χ0v) is 10.4. The maximum Gasteiger partial charge on any atom is 0.148 e. The molecule has 2 rings (SSSR count). The highest BCUT2D eigenvalue weighted by Crippen LogP contribution is 2.33. The van der Waals surface area contributed by atoms with Crippen molar-refractivity contribution in [3.8, 4) is 5.75 Å². The van der Waals surface area contributed by atoms with Gasteiger partial charge in [0, 0.05) is 29.9 Å². The summed E-state index contributed by atoms with van der Waals surface area (Å²) in [6.07, 6.45) is 0. The Morgan fingerprint density at radius 3 is 2.59 bits per heavy atom. The molecule has 1 N–H and O–H groups in total. The number of nitrogens with zero attached hydrogens (tertiary/aromatic N) is 1. The van der Waals surface area contributed by atoms with E-state index < -0.39 is 0 Å². The first-order valence-electron chi connectivity index (χ1n) is 5.40. The first kappa shape index (κ1) is 11.6. The van der Waals surface area contributed by atoms with Crippen LogP contribution >= 0.6 is 0 Å². The molecule has 1 aromatic heterocycles. The molecule has 0 radical (unpaired) electrons. The van der Waals surface area contributed by atoms with Gasteiger partial charge in [-0.25, -0.2) is 9.37 Å². The number of halogens is 1. The zero-order chi connectivity index (χ0) is 12.6. The second-order valence-corrected chi connectivity index (χ2v) is 3.95. The summed E-state index contributed by atoms with van der Waals surface area (Å²) < 4.78 is 18.7. The Hall–Kier alpha value is -1.84. The SMILES string of the molecule is CNc1c(C)c(C)nc2c(OC)cc(F)cc12. The van der Waals surface area contributed by atoms with Gasteiger partial charge < -0.3 is 10.1 Å². The first-order valence-corrected chi connectivity index (χ1v) is 5.40. The highest BCUT2D eigenvalue weighted by Gasteiger charge is 2.13. The predicted molar refractivity (Wildman–Crippen MR) is 67.3 cm³/mol. The molecule has 0 unspecified atom stereocenters. The van der Waals surface area contributed by atoms with Crippen LogP contribution in [-0.2, 0) is 0 Å². The van der Waals surface area contributed by atoms with Gasteiger partial charge in [0.2, 0.25) is 0 Å². The van der Waals surface area contributed by atoms with Crippen LogP contribution in [0.25, 0.3) is 10.9 Å². The molecule has 17 heavy (non-hydrogen) atoms. The quantitative estimate of drug-likeness (QED) is 0.867. The molecule has 1 heterocycles. The Morgan fingerprint density at radius 1 is 1.29 bits per heavy atom. The number of nitrogens with one attached hydrogen (secondary N) is 1. The third kappa shape index (κ3) is 1.79. The van der Waals surface area contributed by atoms with Crippen molar-refractivity contribution in [3.05, 3.63) is 29.2 Å². The highest BCUT2D eigenvalue weighted by atomic mass is 19.1. The Labute approximate surface area is 99.6 Å². The van der Waals surface area contributed by atoms with Crippen LogP contribution in [0.15, 0.2) is 12.1 Å². The second-order valence-electron chi connectivity index (χ2n) is 3.95. The van der Waals surface area contributed by atoms with Gasteiger partial charge in [0.25, 0.3) is 0 Å². The maximum absolute atomic E-state index is 13.5. The fraction of sp³-hybridized carbons (Fsp3) is 0.308.